The topological polar surface area (TPSA) is 81.8 Å². The van der Waals surface area contributed by atoms with Gasteiger partial charge in [-0.25, -0.2) is 0 Å². The fourth-order valence-electron chi connectivity index (χ4n) is 2.31. The first kappa shape index (κ1) is 17.3. The second-order valence-electron chi connectivity index (χ2n) is 5.02. The van der Waals surface area contributed by atoms with E-state index in [-0.39, 0.29) is 6.54 Å². The van der Waals surface area contributed by atoms with Crippen LogP contribution in [-0.2, 0) is 4.79 Å². The summed E-state index contributed by atoms with van der Waals surface area (Å²) in [5, 5.41) is 9.43. The van der Waals surface area contributed by atoms with Crippen molar-refractivity contribution in [3.8, 4) is 11.5 Å². The predicted molar refractivity (Wildman–Crippen MR) is 81.8 cm³/mol. The van der Waals surface area contributed by atoms with Crippen LogP contribution in [0.4, 0.5) is 0 Å². The fraction of sp³-hybridized carbons (Fsp3) is 0.562. The number of nitrogens with two attached hydrogens (primary N) is 1. The summed E-state index contributed by atoms with van der Waals surface area (Å²) in [6, 6.07) is 7.38. The lowest BCUT2D eigenvalue weighted by Crippen LogP contribution is -2.39. The second-order valence-corrected chi connectivity index (χ2v) is 5.02. The Labute approximate surface area is 126 Å². The number of aliphatic carboxylic acids is 1. The minimum absolute atomic E-state index is 0.118. The van der Waals surface area contributed by atoms with Crippen LogP contribution in [0.25, 0.3) is 0 Å². The zero-order valence-corrected chi connectivity index (χ0v) is 12.8. The Morgan fingerprint density at radius 2 is 1.81 bits per heavy atom. The molecule has 0 radical (unpaired) electrons. The Morgan fingerprint density at radius 3 is 2.29 bits per heavy atom. The molecule has 5 heteroatoms. The highest BCUT2D eigenvalue weighted by molar-refractivity contribution is 5.74. The van der Waals surface area contributed by atoms with Crippen molar-refractivity contribution < 1.29 is 19.4 Å². The van der Waals surface area contributed by atoms with E-state index in [1.54, 1.807) is 0 Å². The molecule has 0 amide bonds. The third-order valence-corrected chi connectivity index (χ3v) is 3.56. The van der Waals surface area contributed by atoms with Crippen LogP contribution in [0.2, 0.25) is 0 Å². The standard InChI is InChI=1S/C16H25NO4/c1-3-9-16(12-17,15(18)19)10-11-21-14-8-6-5-7-13(14)20-4-2/h5-8H,3-4,9-12,17H2,1-2H3,(H,18,19). The Kier molecular flexibility index (Phi) is 7.02. The normalized spacial score (nSPS) is 13.5. The smallest absolute Gasteiger partial charge is 0.311 e. The van der Waals surface area contributed by atoms with Crippen LogP contribution in [0.5, 0.6) is 11.5 Å². The number of carboxylic acids is 1. The second kappa shape index (κ2) is 8.52. The molecule has 1 aromatic rings. The molecule has 1 unspecified atom stereocenters. The summed E-state index contributed by atoms with van der Waals surface area (Å²) >= 11 is 0. The van der Waals surface area contributed by atoms with E-state index >= 15 is 0 Å². The predicted octanol–water partition coefficient (Wildman–Crippen LogP) is 2.68. The van der Waals surface area contributed by atoms with Crippen LogP contribution in [0.3, 0.4) is 0 Å². The zero-order chi connectivity index (χ0) is 15.7. The molecule has 21 heavy (non-hydrogen) atoms. The van der Waals surface area contributed by atoms with Gasteiger partial charge in [-0.1, -0.05) is 25.5 Å². The molecule has 3 N–H and O–H groups in total. The van der Waals surface area contributed by atoms with Gasteiger partial charge < -0.3 is 20.3 Å². The van der Waals surface area contributed by atoms with E-state index in [9.17, 15) is 9.90 Å². The molecular weight excluding hydrogens is 270 g/mol. The monoisotopic (exact) mass is 295 g/mol. The quantitative estimate of drug-likeness (QED) is 0.693. The van der Waals surface area contributed by atoms with Gasteiger partial charge in [0, 0.05) is 6.54 Å². The number of hydrogen-bond acceptors (Lipinski definition) is 4. The van der Waals surface area contributed by atoms with E-state index < -0.39 is 11.4 Å². The molecular formula is C16H25NO4. The molecule has 0 heterocycles. The number of carboxylic acid groups (broad SMARTS) is 1. The van der Waals surface area contributed by atoms with Crippen molar-refractivity contribution >= 4 is 5.97 Å². The van der Waals surface area contributed by atoms with Crippen molar-refractivity contribution in [2.24, 2.45) is 11.1 Å². The Bertz CT molecular complexity index is 450. The molecule has 118 valence electrons. The lowest BCUT2D eigenvalue weighted by Gasteiger charge is -2.27. The largest absolute Gasteiger partial charge is 0.490 e. The van der Waals surface area contributed by atoms with E-state index in [0.29, 0.717) is 37.6 Å². The first-order valence-electron chi connectivity index (χ1n) is 7.37. The van der Waals surface area contributed by atoms with Gasteiger partial charge in [0.25, 0.3) is 0 Å². The van der Waals surface area contributed by atoms with Crippen LogP contribution in [-0.4, -0.2) is 30.8 Å². The molecule has 0 aromatic heterocycles. The minimum Gasteiger partial charge on any atom is -0.490 e. The molecule has 1 atom stereocenters. The molecule has 0 aliphatic heterocycles. The lowest BCUT2D eigenvalue weighted by molar-refractivity contribution is -0.149. The summed E-state index contributed by atoms with van der Waals surface area (Å²) < 4.78 is 11.2. The maximum absolute atomic E-state index is 11.5. The molecule has 0 fully saturated rings. The summed E-state index contributed by atoms with van der Waals surface area (Å²) in [5.74, 6) is 0.449. The fourth-order valence-corrected chi connectivity index (χ4v) is 2.31. The molecule has 5 nitrogen and oxygen atoms in total. The van der Waals surface area contributed by atoms with Crippen molar-refractivity contribution in [3.05, 3.63) is 24.3 Å². The number of carbonyl (C=O) groups is 1. The van der Waals surface area contributed by atoms with Crippen molar-refractivity contribution in [3.63, 3.8) is 0 Å². The third kappa shape index (κ3) is 4.63. The molecule has 0 aliphatic carbocycles. The van der Waals surface area contributed by atoms with Crippen molar-refractivity contribution in [2.45, 2.75) is 33.1 Å². The maximum atomic E-state index is 11.5. The summed E-state index contributed by atoms with van der Waals surface area (Å²) in [5.41, 5.74) is 4.78. The van der Waals surface area contributed by atoms with Gasteiger partial charge in [-0.15, -0.1) is 0 Å². The van der Waals surface area contributed by atoms with Gasteiger partial charge in [-0.2, -0.15) is 0 Å². The van der Waals surface area contributed by atoms with Gasteiger partial charge >= 0.3 is 5.97 Å². The van der Waals surface area contributed by atoms with Gasteiger partial charge in [0.2, 0.25) is 0 Å². The number of ether oxygens (including phenoxy) is 2. The zero-order valence-electron chi connectivity index (χ0n) is 12.8. The molecule has 1 aromatic carbocycles. The summed E-state index contributed by atoms with van der Waals surface area (Å²) in [6.07, 6.45) is 1.71. The van der Waals surface area contributed by atoms with Crippen LogP contribution < -0.4 is 15.2 Å². The van der Waals surface area contributed by atoms with Crippen molar-refractivity contribution in [2.75, 3.05) is 19.8 Å². The van der Waals surface area contributed by atoms with Crippen LogP contribution in [0, 0.1) is 5.41 Å². The Morgan fingerprint density at radius 1 is 1.19 bits per heavy atom. The van der Waals surface area contributed by atoms with E-state index in [1.807, 2.05) is 38.1 Å². The van der Waals surface area contributed by atoms with Crippen LogP contribution >= 0.6 is 0 Å². The first-order valence-corrected chi connectivity index (χ1v) is 7.37. The lowest BCUT2D eigenvalue weighted by atomic mass is 9.80. The molecule has 1 rings (SSSR count). The molecule has 0 bridgehead atoms. The number of para-hydroxylation sites is 2. The van der Waals surface area contributed by atoms with E-state index in [0.717, 1.165) is 6.42 Å². The van der Waals surface area contributed by atoms with E-state index in [1.165, 1.54) is 0 Å². The molecule has 0 saturated heterocycles. The maximum Gasteiger partial charge on any atom is 0.311 e. The summed E-state index contributed by atoms with van der Waals surface area (Å²) in [6.45, 7) is 4.83. The van der Waals surface area contributed by atoms with E-state index in [2.05, 4.69) is 0 Å². The first-order chi connectivity index (χ1) is 10.1. The average Bonchev–Trinajstić information content (AvgIpc) is 2.48. The van der Waals surface area contributed by atoms with Gasteiger partial charge in [-0.3, -0.25) is 4.79 Å². The molecule has 0 saturated carbocycles. The highest BCUT2D eigenvalue weighted by atomic mass is 16.5. The van der Waals surface area contributed by atoms with Gasteiger partial charge in [0.1, 0.15) is 0 Å². The number of rotatable bonds is 10. The van der Waals surface area contributed by atoms with Crippen molar-refractivity contribution in [1.82, 2.24) is 0 Å². The highest BCUT2D eigenvalue weighted by Crippen LogP contribution is 2.30. The van der Waals surface area contributed by atoms with Crippen LogP contribution in [0.15, 0.2) is 24.3 Å². The average molecular weight is 295 g/mol. The summed E-state index contributed by atoms with van der Waals surface area (Å²) in [7, 11) is 0. The third-order valence-electron chi connectivity index (χ3n) is 3.56. The minimum atomic E-state index is -0.907. The number of hydrogen-bond donors (Lipinski definition) is 2. The Balaban J connectivity index is 2.68. The number of benzene rings is 1. The molecule has 0 aliphatic rings. The highest BCUT2D eigenvalue weighted by Gasteiger charge is 2.36. The van der Waals surface area contributed by atoms with Gasteiger partial charge in [-0.05, 0) is 31.9 Å². The van der Waals surface area contributed by atoms with Crippen LogP contribution in [0.1, 0.15) is 33.1 Å². The molecule has 0 spiro atoms. The Hall–Kier alpha value is -1.75. The van der Waals surface area contributed by atoms with Crippen molar-refractivity contribution in [1.29, 1.82) is 0 Å². The van der Waals surface area contributed by atoms with E-state index in [4.69, 9.17) is 15.2 Å². The van der Waals surface area contributed by atoms with Gasteiger partial charge in [0.15, 0.2) is 11.5 Å². The SMILES string of the molecule is CCCC(CN)(CCOc1ccccc1OCC)C(=O)O. The summed E-state index contributed by atoms with van der Waals surface area (Å²) in [4.78, 5) is 11.5. The van der Waals surface area contributed by atoms with Gasteiger partial charge in [0.05, 0.1) is 18.6 Å².